The molecule has 1 N–H and O–H groups in total. The van der Waals surface area contributed by atoms with Crippen LogP contribution < -0.4 is 10.1 Å². The van der Waals surface area contributed by atoms with Crippen LogP contribution >= 0.6 is 15.9 Å². The van der Waals surface area contributed by atoms with E-state index in [1.165, 1.54) is 39.1 Å². The number of halogens is 1. The Morgan fingerprint density at radius 3 is 2.55 bits per heavy atom. The van der Waals surface area contributed by atoms with Gasteiger partial charge in [-0.05, 0) is 74.2 Å². The molecule has 2 heterocycles. The molecule has 29 heavy (non-hydrogen) atoms. The Bertz CT molecular complexity index is 1160. The van der Waals surface area contributed by atoms with Gasteiger partial charge in [-0.2, -0.15) is 0 Å². The Labute approximate surface area is 180 Å². The highest BCUT2D eigenvalue weighted by Crippen LogP contribution is 2.50. The Balaban J connectivity index is 1.82. The highest BCUT2D eigenvalue weighted by molar-refractivity contribution is 9.10. The van der Waals surface area contributed by atoms with Gasteiger partial charge in [0, 0.05) is 26.9 Å². The second kappa shape index (κ2) is 6.50. The van der Waals surface area contributed by atoms with Gasteiger partial charge in [-0.1, -0.05) is 52.3 Å². The van der Waals surface area contributed by atoms with Crippen LogP contribution in [0.1, 0.15) is 49.1 Å². The van der Waals surface area contributed by atoms with Gasteiger partial charge in [0.25, 0.3) is 0 Å². The number of nitrogens with one attached hydrogen (secondary N) is 1. The van der Waals surface area contributed by atoms with Crippen LogP contribution in [0, 0.1) is 6.92 Å². The van der Waals surface area contributed by atoms with Crippen LogP contribution in [0.2, 0.25) is 0 Å². The van der Waals surface area contributed by atoms with Gasteiger partial charge in [-0.25, -0.2) is 0 Å². The van der Waals surface area contributed by atoms with Crippen LogP contribution in [0.25, 0.3) is 16.7 Å². The predicted molar refractivity (Wildman–Crippen MR) is 125 cm³/mol. The average molecular weight is 446 g/mol. The molecule has 0 spiro atoms. The first-order valence-electron chi connectivity index (χ1n) is 10.0. The maximum absolute atomic E-state index is 6.65. The van der Waals surface area contributed by atoms with E-state index in [4.69, 9.17) is 4.74 Å². The summed E-state index contributed by atoms with van der Waals surface area (Å²) in [5, 5.41) is 3.69. The van der Waals surface area contributed by atoms with Crippen molar-refractivity contribution < 1.29 is 4.74 Å². The fourth-order valence-electron chi connectivity index (χ4n) is 4.78. The van der Waals surface area contributed by atoms with Crippen molar-refractivity contribution in [2.45, 2.75) is 39.3 Å². The summed E-state index contributed by atoms with van der Waals surface area (Å²) in [4.78, 5) is 0. The average Bonchev–Trinajstić information content (AvgIpc) is 2.65. The van der Waals surface area contributed by atoms with Crippen molar-refractivity contribution in [1.82, 2.24) is 0 Å². The lowest BCUT2D eigenvalue weighted by Crippen LogP contribution is -2.32. The molecule has 1 atom stereocenters. The molecule has 2 aliphatic heterocycles. The van der Waals surface area contributed by atoms with E-state index in [9.17, 15) is 0 Å². The largest absolute Gasteiger partial charge is 0.480 e. The van der Waals surface area contributed by atoms with Crippen molar-refractivity contribution in [2.24, 2.45) is 0 Å². The molecule has 146 valence electrons. The van der Waals surface area contributed by atoms with Gasteiger partial charge in [0.1, 0.15) is 5.75 Å². The van der Waals surface area contributed by atoms with Crippen molar-refractivity contribution in [3.05, 3.63) is 87.4 Å². The molecule has 0 radical (unpaired) electrons. The zero-order chi connectivity index (χ0) is 20.3. The van der Waals surface area contributed by atoms with Crippen LogP contribution in [0.3, 0.4) is 0 Å². The van der Waals surface area contributed by atoms with Gasteiger partial charge in [-0.3, -0.25) is 0 Å². The molecule has 0 amide bonds. The molecule has 0 saturated heterocycles. The van der Waals surface area contributed by atoms with Gasteiger partial charge in [0.05, 0.1) is 5.54 Å². The van der Waals surface area contributed by atoms with Gasteiger partial charge in [0.2, 0.25) is 0 Å². The van der Waals surface area contributed by atoms with E-state index in [0.717, 1.165) is 15.8 Å². The molecule has 2 aliphatic rings. The van der Waals surface area contributed by atoms with Gasteiger partial charge in [0.15, 0.2) is 6.10 Å². The lowest BCUT2D eigenvalue weighted by molar-refractivity contribution is 0.243. The normalized spacial score (nSPS) is 18.5. The molecule has 5 rings (SSSR count). The first kappa shape index (κ1) is 18.5. The van der Waals surface area contributed by atoms with Crippen molar-refractivity contribution in [2.75, 3.05) is 5.32 Å². The number of para-hydroxylation sites is 1. The van der Waals surface area contributed by atoms with E-state index in [1.807, 2.05) is 6.07 Å². The summed E-state index contributed by atoms with van der Waals surface area (Å²) < 4.78 is 7.72. The SMILES string of the molecule is CC1=CC(C)(C)Nc2ccc3c(c21)[C@H](c1cc(C)cc(Br)c1)Oc1ccccc1-3. The number of benzene rings is 3. The fourth-order valence-corrected chi connectivity index (χ4v) is 5.41. The number of hydrogen-bond acceptors (Lipinski definition) is 2. The summed E-state index contributed by atoms with van der Waals surface area (Å²) >= 11 is 3.67. The third kappa shape index (κ3) is 3.08. The minimum atomic E-state index is -0.155. The highest BCUT2D eigenvalue weighted by Gasteiger charge is 2.34. The summed E-state index contributed by atoms with van der Waals surface area (Å²) in [7, 11) is 0. The van der Waals surface area contributed by atoms with Crippen LogP contribution in [-0.4, -0.2) is 5.54 Å². The van der Waals surface area contributed by atoms with Crippen LogP contribution in [0.4, 0.5) is 5.69 Å². The standard InChI is InChI=1S/C26H24BrNO/c1-15-11-17(13-18(27)12-15)25-24-20(19-7-5-6-8-22(19)29-25)9-10-21-23(24)16(2)14-26(3,4)28-21/h5-14,25,28H,1-4H3/t25-/m0/s1. The maximum atomic E-state index is 6.65. The Hall–Kier alpha value is -2.52. The second-order valence-electron chi connectivity index (χ2n) is 8.68. The van der Waals surface area contributed by atoms with Gasteiger partial charge < -0.3 is 10.1 Å². The molecule has 3 aromatic carbocycles. The van der Waals surface area contributed by atoms with Crippen LogP contribution in [-0.2, 0) is 0 Å². The minimum Gasteiger partial charge on any atom is -0.480 e. The first-order chi connectivity index (χ1) is 13.8. The lowest BCUT2D eigenvalue weighted by Gasteiger charge is -2.37. The van der Waals surface area contributed by atoms with Crippen molar-refractivity contribution in [3.8, 4) is 16.9 Å². The summed E-state index contributed by atoms with van der Waals surface area (Å²) in [6, 6.07) is 19.4. The molecule has 2 nitrogen and oxygen atoms in total. The summed E-state index contributed by atoms with van der Waals surface area (Å²) in [5.74, 6) is 0.938. The second-order valence-corrected chi connectivity index (χ2v) is 9.60. The number of hydrogen-bond donors (Lipinski definition) is 1. The van der Waals surface area contributed by atoms with Gasteiger partial charge >= 0.3 is 0 Å². The Kier molecular flexibility index (Phi) is 4.15. The molecule has 3 aromatic rings. The number of ether oxygens (including phenoxy) is 1. The molecule has 0 aromatic heterocycles. The summed E-state index contributed by atoms with van der Waals surface area (Å²) in [6.45, 7) is 8.76. The number of aryl methyl sites for hydroxylation is 1. The number of anilines is 1. The third-order valence-corrected chi connectivity index (χ3v) is 6.18. The topological polar surface area (TPSA) is 21.3 Å². The number of fused-ring (bicyclic) bond motifs is 5. The summed E-state index contributed by atoms with van der Waals surface area (Å²) in [6.07, 6.45) is 2.16. The summed E-state index contributed by atoms with van der Waals surface area (Å²) in [5.41, 5.74) is 9.70. The molecule has 0 bridgehead atoms. The monoisotopic (exact) mass is 445 g/mol. The van der Waals surface area contributed by atoms with Crippen LogP contribution in [0.15, 0.2) is 65.1 Å². The van der Waals surface area contributed by atoms with Crippen molar-refractivity contribution in [3.63, 3.8) is 0 Å². The molecule has 0 saturated carbocycles. The lowest BCUT2D eigenvalue weighted by atomic mass is 9.80. The molecule has 0 fully saturated rings. The van der Waals surface area contributed by atoms with Crippen molar-refractivity contribution in [1.29, 1.82) is 0 Å². The number of allylic oxidation sites excluding steroid dienone is 1. The fraction of sp³-hybridized carbons (Fsp3) is 0.231. The Morgan fingerprint density at radius 2 is 1.76 bits per heavy atom. The molecule has 0 unspecified atom stereocenters. The first-order valence-corrected chi connectivity index (χ1v) is 10.8. The minimum absolute atomic E-state index is 0.0688. The van der Waals surface area contributed by atoms with E-state index >= 15 is 0 Å². The Morgan fingerprint density at radius 1 is 0.966 bits per heavy atom. The number of rotatable bonds is 1. The predicted octanol–water partition coefficient (Wildman–Crippen LogP) is 7.51. The molecular formula is C26H24BrNO. The quantitative estimate of drug-likeness (QED) is 0.418. The third-order valence-electron chi connectivity index (χ3n) is 5.73. The van der Waals surface area contributed by atoms with E-state index < -0.39 is 0 Å². The smallest absolute Gasteiger partial charge is 0.150 e. The van der Waals surface area contributed by atoms with E-state index in [-0.39, 0.29) is 11.6 Å². The van der Waals surface area contributed by atoms with Gasteiger partial charge in [-0.15, -0.1) is 0 Å². The molecule has 3 heteroatoms. The van der Waals surface area contributed by atoms with Crippen molar-refractivity contribution >= 4 is 27.2 Å². The zero-order valence-corrected chi connectivity index (χ0v) is 18.7. The zero-order valence-electron chi connectivity index (χ0n) is 17.1. The molecule has 0 aliphatic carbocycles. The van der Waals surface area contributed by atoms with Crippen LogP contribution in [0.5, 0.6) is 5.75 Å². The highest BCUT2D eigenvalue weighted by atomic mass is 79.9. The molecular weight excluding hydrogens is 422 g/mol. The maximum Gasteiger partial charge on any atom is 0.150 e. The van der Waals surface area contributed by atoms with E-state index in [2.05, 4.69) is 104 Å². The van der Waals surface area contributed by atoms with E-state index in [0.29, 0.717) is 0 Å². The van der Waals surface area contributed by atoms with E-state index in [1.54, 1.807) is 0 Å².